The van der Waals surface area contributed by atoms with Crippen molar-refractivity contribution in [2.75, 3.05) is 24.4 Å². The van der Waals surface area contributed by atoms with Crippen LogP contribution in [0.3, 0.4) is 0 Å². The third kappa shape index (κ3) is 4.37. The first kappa shape index (κ1) is 17.6. The number of carbonyl (C=O) groups excluding carboxylic acids is 3. The van der Waals surface area contributed by atoms with Gasteiger partial charge in [-0.1, -0.05) is 19.9 Å². The molecule has 130 valence electrons. The van der Waals surface area contributed by atoms with Crippen LogP contribution in [0.1, 0.15) is 20.3 Å². The lowest BCUT2D eigenvalue weighted by Gasteiger charge is -2.36. The van der Waals surface area contributed by atoms with Gasteiger partial charge in [-0.05, 0) is 30.0 Å². The second kappa shape index (κ2) is 7.20. The number of esters is 1. The van der Waals surface area contributed by atoms with Gasteiger partial charge in [0.2, 0.25) is 0 Å². The molecule has 24 heavy (non-hydrogen) atoms. The lowest BCUT2D eigenvalue weighted by molar-refractivity contribution is -0.155. The van der Waals surface area contributed by atoms with Crippen molar-refractivity contribution in [2.45, 2.75) is 26.3 Å². The molecular formula is C16H21N3O5. The van der Waals surface area contributed by atoms with Crippen molar-refractivity contribution in [2.24, 2.45) is 5.41 Å². The third-order valence-corrected chi connectivity index (χ3v) is 3.84. The Morgan fingerprint density at radius 3 is 2.54 bits per heavy atom. The Bertz CT molecular complexity index is 644. The summed E-state index contributed by atoms with van der Waals surface area (Å²) in [6.45, 7) is 4.16. The first-order valence-electron chi connectivity index (χ1n) is 7.51. The number of hydrogen-bond donors (Lipinski definition) is 3. The predicted molar refractivity (Wildman–Crippen MR) is 87.8 cm³/mol. The molecule has 1 saturated heterocycles. The molecule has 2 rings (SSSR count). The van der Waals surface area contributed by atoms with Crippen LogP contribution >= 0.6 is 0 Å². The van der Waals surface area contributed by atoms with Crippen molar-refractivity contribution < 1.29 is 23.9 Å². The highest BCUT2D eigenvalue weighted by molar-refractivity contribution is 5.94. The van der Waals surface area contributed by atoms with Crippen LogP contribution in [0.2, 0.25) is 0 Å². The molecule has 1 unspecified atom stereocenters. The van der Waals surface area contributed by atoms with Gasteiger partial charge in [-0.25, -0.2) is 14.4 Å². The zero-order valence-electron chi connectivity index (χ0n) is 13.8. The molecule has 1 aliphatic heterocycles. The highest BCUT2D eigenvalue weighted by Crippen LogP contribution is 2.30. The Kier molecular flexibility index (Phi) is 5.28. The average Bonchev–Trinajstić information content (AvgIpc) is 2.51. The van der Waals surface area contributed by atoms with Crippen LogP contribution in [-0.4, -0.2) is 37.9 Å². The number of amides is 3. The average molecular weight is 335 g/mol. The Morgan fingerprint density at radius 2 is 1.92 bits per heavy atom. The SMILES string of the molecule is COC(=O)Nc1cccc(NC(=O)NC2C(=O)OCCC2(C)C)c1. The van der Waals surface area contributed by atoms with Crippen molar-refractivity contribution in [1.82, 2.24) is 5.32 Å². The summed E-state index contributed by atoms with van der Waals surface area (Å²) < 4.78 is 9.52. The fourth-order valence-electron chi connectivity index (χ4n) is 2.36. The molecule has 8 nitrogen and oxygen atoms in total. The van der Waals surface area contributed by atoms with Crippen molar-refractivity contribution in [3.8, 4) is 0 Å². The van der Waals surface area contributed by atoms with E-state index < -0.39 is 24.1 Å². The largest absolute Gasteiger partial charge is 0.464 e. The van der Waals surface area contributed by atoms with E-state index in [1.165, 1.54) is 7.11 Å². The maximum absolute atomic E-state index is 12.2. The number of hydrogen-bond acceptors (Lipinski definition) is 5. The standard InChI is InChI=1S/C16H21N3O5/c1-16(2)7-8-24-13(20)12(16)19-14(21)17-10-5-4-6-11(9-10)18-15(22)23-3/h4-6,9,12H,7-8H2,1-3H3,(H,18,22)(H2,17,19,21). The second-order valence-electron chi connectivity index (χ2n) is 6.13. The van der Waals surface area contributed by atoms with Crippen LogP contribution in [0.5, 0.6) is 0 Å². The summed E-state index contributed by atoms with van der Waals surface area (Å²) in [5.41, 5.74) is 0.543. The van der Waals surface area contributed by atoms with Crippen molar-refractivity contribution >= 4 is 29.5 Å². The fourth-order valence-corrected chi connectivity index (χ4v) is 2.36. The first-order valence-corrected chi connectivity index (χ1v) is 7.51. The minimum Gasteiger partial charge on any atom is -0.464 e. The summed E-state index contributed by atoms with van der Waals surface area (Å²) in [6, 6.07) is 5.30. The molecule has 3 N–H and O–H groups in total. The third-order valence-electron chi connectivity index (χ3n) is 3.84. The van der Waals surface area contributed by atoms with Gasteiger partial charge in [0.05, 0.1) is 13.7 Å². The number of rotatable bonds is 3. The molecule has 1 aromatic carbocycles. The first-order chi connectivity index (χ1) is 11.3. The number of benzene rings is 1. The molecule has 1 heterocycles. The molecule has 0 aliphatic carbocycles. The maximum atomic E-state index is 12.2. The lowest BCUT2D eigenvalue weighted by Crippen LogP contribution is -2.55. The predicted octanol–water partition coefficient (Wildman–Crippen LogP) is 2.33. The number of nitrogens with one attached hydrogen (secondary N) is 3. The zero-order chi connectivity index (χ0) is 17.7. The molecule has 1 atom stereocenters. The summed E-state index contributed by atoms with van der Waals surface area (Å²) in [6.07, 6.45) is 0.0608. The normalized spacial score (nSPS) is 19.0. The second-order valence-corrected chi connectivity index (χ2v) is 6.13. The fraction of sp³-hybridized carbons (Fsp3) is 0.438. The van der Waals surface area contributed by atoms with Crippen molar-refractivity contribution in [1.29, 1.82) is 0 Å². The van der Waals surface area contributed by atoms with Gasteiger partial charge >= 0.3 is 18.1 Å². The molecule has 1 fully saturated rings. The topological polar surface area (TPSA) is 106 Å². The number of methoxy groups -OCH3 is 1. The van der Waals surface area contributed by atoms with Gasteiger partial charge < -0.3 is 20.1 Å². The van der Waals surface area contributed by atoms with Gasteiger partial charge in [-0.2, -0.15) is 0 Å². The van der Waals surface area contributed by atoms with E-state index in [0.29, 0.717) is 24.4 Å². The Labute approximate surface area is 139 Å². The maximum Gasteiger partial charge on any atom is 0.411 e. The Morgan fingerprint density at radius 1 is 1.25 bits per heavy atom. The Hall–Kier alpha value is -2.77. The number of anilines is 2. The minimum absolute atomic E-state index is 0.354. The number of urea groups is 1. The molecule has 1 aromatic rings. The van der Waals surface area contributed by atoms with Gasteiger partial charge in [-0.3, -0.25) is 5.32 Å². The minimum atomic E-state index is -0.720. The van der Waals surface area contributed by atoms with Gasteiger partial charge in [-0.15, -0.1) is 0 Å². The van der Waals surface area contributed by atoms with Gasteiger partial charge in [0.15, 0.2) is 0 Å². The Balaban J connectivity index is 2.00. The van der Waals surface area contributed by atoms with Crippen LogP contribution in [0.15, 0.2) is 24.3 Å². The molecule has 8 heteroatoms. The molecule has 0 radical (unpaired) electrons. The molecule has 0 spiro atoms. The van der Waals surface area contributed by atoms with Gasteiger partial charge in [0.1, 0.15) is 6.04 Å². The van der Waals surface area contributed by atoms with Crippen molar-refractivity contribution in [3.63, 3.8) is 0 Å². The van der Waals surface area contributed by atoms with E-state index in [-0.39, 0.29) is 5.41 Å². The van der Waals surface area contributed by atoms with E-state index in [1.807, 2.05) is 13.8 Å². The lowest BCUT2D eigenvalue weighted by atomic mass is 9.80. The van der Waals surface area contributed by atoms with Crippen LogP contribution in [-0.2, 0) is 14.3 Å². The molecule has 0 saturated carbocycles. The van der Waals surface area contributed by atoms with E-state index in [0.717, 1.165) is 0 Å². The number of ether oxygens (including phenoxy) is 2. The summed E-state index contributed by atoms with van der Waals surface area (Å²) in [5.74, 6) is -0.442. The summed E-state index contributed by atoms with van der Waals surface area (Å²) in [7, 11) is 1.26. The molecule has 3 amide bonds. The van der Waals surface area contributed by atoms with Gasteiger partial charge in [0, 0.05) is 11.4 Å². The van der Waals surface area contributed by atoms with Crippen LogP contribution < -0.4 is 16.0 Å². The highest BCUT2D eigenvalue weighted by Gasteiger charge is 2.41. The van der Waals surface area contributed by atoms with E-state index in [1.54, 1.807) is 24.3 Å². The van der Waals surface area contributed by atoms with Crippen LogP contribution in [0, 0.1) is 5.41 Å². The smallest absolute Gasteiger partial charge is 0.411 e. The number of carbonyl (C=O) groups is 3. The zero-order valence-corrected chi connectivity index (χ0v) is 13.8. The van der Waals surface area contributed by atoms with E-state index in [9.17, 15) is 14.4 Å². The van der Waals surface area contributed by atoms with Crippen LogP contribution in [0.4, 0.5) is 21.0 Å². The molecule has 1 aliphatic rings. The summed E-state index contributed by atoms with van der Waals surface area (Å²) >= 11 is 0. The van der Waals surface area contributed by atoms with Crippen LogP contribution in [0.25, 0.3) is 0 Å². The quantitative estimate of drug-likeness (QED) is 0.735. The van der Waals surface area contributed by atoms with Crippen molar-refractivity contribution in [3.05, 3.63) is 24.3 Å². The molecule has 0 aromatic heterocycles. The van der Waals surface area contributed by atoms with E-state index in [4.69, 9.17) is 4.74 Å². The van der Waals surface area contributed by atoms with Gasteiger partial charge in [0.25, 0.3) is 0 Å². The monoisotopic (exact) mass is 335 g/mol. The molecular weight excluding hydrogens is 314 g/mol. The van der Waals surface area contributed by atoms with E-state index >= 15 is 0 Å². The number of cyclic esters (lactones) is 1. The molecule has 0 bridgehead atoms. The summed E-state index contributed by atoms with van der Waals surface area (Å²) in [5, 5.41) is 7.77. The van der Waals surface area contributed by atoms with E-state index in [2.05, 4.69) is 20.7 Å². The summed E-state index contributed by atoms with van der Waals surface area (Å²) in [4.78, 5) is 35.2. The highest BCUT2D eigenvalue weighted by atomic mass is 16.5.